The molecule has 12 nitrogen and oxygen atoms in total. The topological polar surface area (TPSA) is 144 Å². The molecular weight excluding hydrogens is 819 g/mol. The maximum atomic E-state index is 14.2. The summed E-state index contributed by atoms with van der Waals surface area (Å²) in [5, 5.41) is 0.473. The van der Waals surface area contributed by atoms with Crippen molar-refractivity contribution in [1.29, 1.82) is 0 Å². The third kappa shape index (κ3) is 10.0. The number of benzene rings is 3. The zero-order chi connectivity index (χ0) is 41.0. The number of halogens is 4. The second-order valence-corrected chi connectivity index (χ2v) is 17.0. The van der Waals surface area contributed by atoms with Crippen LogP contribution in [0.3, 0.4) is 0 Å². The number of pyridine rings is 1. The minimum absolute atomic E-state index is 0.0215. The average Bonchev–Trinajstić information content (AvgIpc) is 4.05. The van der Waals surface area contributed by atoms with Crippen LogP contribution in [-0.2, 0) is 30.7 Å². The summed E-state index contributed by atoms with van der Waals surface area (Å²) in [4.78, 5) is 32.5. The van der Waals surface area contributed by atoms with E-state index in [-0.39, 0.29) is 63.8 Å². The molecule has 4 aromatic rings. The second kappa shape index (κ2) is 18.2. The first-order chi connectivity index (χ1) is 27.9. The van der Waals surface area contributed by atoms with E-state index in [1.807, 2.05) is 0 Å². The van der Waals surface area contributed by atoms with Gasteiger partial charge < -0.3 is 23.7 Å². The molecule has 0 radical (unpaired) electrons. The van der Waals surface area contributed by atoms with Crippen LogP contribution in [0, 0.1) is 11.8 Å². The number of carbonyl (C=O) groups excluding carboxylic acids is 2. The Morgan fingerprint density at radius 3 is 2.26 bits per heavy atom. The molecule has 0 amide bonds. The fraction of sp³-hybridized carbons (Fsp3) is 0.390. The highest BCUT2D eigenvalue weighted by atomic mass is 35.5. The molecule has 4 aliphatic rings. The highest BCUT2D eigenvalue weighted by Crippen LogP contribution is 2.39. The van der Waals surface area contributed by atoms with Gasteiger partial charge >= 0.3 is 18.6 Å². The van der Waals surface area contributed by atoms with E-state index in [9.17, 15) is 26.8 Å². The van der Waals surface area contributed by atoms with E-state index in [0.29, 0.717) is 23.2 Å². The number of ether oxygens (including phenoxy) is 5. The smallest absolute Gasteiger partial charge is 0.387 e. The quantitative estimate of drug-likeness (QED) is 0.110. The van der Waals surface area contributed by atoms with Gasteiger partial charge in [-0.1, -0.05) is 59.6 Å². The maximum Gasteiger partial charge on any atom is 0.387 e. The first kappa shape index (κ1) is 41.6. The van der Waals surface area contributed by atoms with Crippen molar-refractivity contribution in [2.24, 2.45) is 11.8 Å². The summed E-state index contributed by atoms with van der Waals surface area (Å²) in [6.45, 7) is -0.406. The molecule has 8 rings (SSSR count). The Balaban J connectivity index is 1.18. The number of alkyl halides is 2. The van der Waals surface area contributed by atoms with E-state index in [2.05, 4.69) is 14.6 Å². The first-order valence-corrected chi connectivity index (χ1v) is 21.1. The molecule has 17 heteroatoms. The highest BCUT2D eigenvalue weighted by Gasteiger charge is 2.39. The SMILES string of the molecule is COc1ccc(C(=O)O[C@@H](Cc2c(Cl)c[nH+]cc2Cl)c2ccc(OC(F)F)c(OCC3CC3)c2)cc1S(=O)(=O)NC(C(=O)O[C@H]1CN2CCC1CC2)c1ccccc1. The summed E-state index contributed by atoms with van der Waals surface area (Å²) >= 11 is 13.0. The van der Waals surface area contributed by atoms with Crippen LogP contribution in [0.1, 0.15) is 64.9 Å². The Morgan fingerprint density at radius 1 is 0.914 bits per heavy atom. The molecule has 1 aromatic heterocycles. The van der Waals surface area contributed by atoms with Crippen LogP contribution in [-0.4, -0.2) is 71.3 Å². The number of nitrogens with zero attached hydrogens (tertiary/aromatic N) is 1. The Kier molecular flexibility index (Phi) is 13.0. The molecule has 1 aliphatic carbocycles. The summed E-state index contributed by atoms with van der Waals surface area (Å²) in [6.07, 6.45) is 5.06. The molecule has 2 N–H and O–H groups in total. The number of nitrogens with one attached hydrogen (secondary N) is 2. The Morgan fingerprint density at radius 2 is 1.62 bits per heavy atom. The molecule has 2 bridgehead atoms. The highest BCUT2D eigenvalue weighted by molar-refractivity contribution is 7.89. The lowest BCUT2D eigenvalue weighted by atomic mass is 9.86. The Bertz CT molecular complexity index is 2210. The van der Waals surface area contributed by atoms with Gasteiger partial charge in [0.05, 0.1) is 19.3 Å². The van der Waals surface area contributed by atoms with Crippen LogP contribution >= 0.6 is 23.2 Å². The molecule has 3 atom stereocenters. The van der Waals surface area contributed by atoms with Crippen molar-refractivity contribution < 1.29 is 55.5 Å². The van der Waals surface area contributed by atoms with E-state index in [4.69, 9.17) is 46.9 Å². The largest absolute Gasteiger partial charge is 0.495 e. The molecule has 1 unspecified atom stereocenters. The van der Waals surface area contributed by atoms with Gasteiger partial charge in [-0.15, -0.1) is 0 Å². The molecule has 4 heterocycles. The average molecular weight is 862 g/mol. The van der Waals surface area contributed by atoms with Crippen molar-refractivity contribution in [2.45, 2.75) is 61.9 Å². The molecule has 308 valence electrons. The van der Waals surface area contributed by atoms with Crippen LogP contribution in [0.15, 0.2) is 84.0 Å². The van der Waals surface area contributed by atoms with E-state index < -0.39 is 45.6 Å². The summed E-state index contributed by atoms with van der Waals surface area (Å²) < 4.78 is 85.7. The lowest BCUT2D eigenvalue weighted by Gasteiger charge is -2.44. The minimum Gasteiger partial charge on any atom is -0.495 e. The van der Waals surface area contributed by atoms with E-state index >= 15 is 0 Å². The molecule has 3 aromatic carbocycles. The molecule has 3 aliphatic heterocycles. The van der Waals surface area contributed by atoms with Crippen molar-refractivity contribution >= 4 is 45.2 Å². The van der Waals surface area contributed by atoms with Gasteiger partial charge in [0.25, 0.3) is 0 Å². The van der Waals surface area contributed by atoms with E-state index in [1.54, 1.807) is 30.3 Å². The zero-order valence-electron chi connectivity index (χ0n) is 31.4. The maximum absolute atomic E-state index is 14.2. The third-order valence-corrected chi connectivity index (χ3v) is 12.7. The zero-order valence-corrected chi connectivity index (χ0v) is 33.7. The number of carbonyl (C=O) groups is 2. The summed E-state index contributed by atoms with van der Waals surface area (Å²) in [6, 6.07) is 14.8. The normalized spacial score (nSPS) is 19.9. The number of piperidine rings is 3. The molecule has 58 heavy (non-hydrogen) atoms. The molecule has 3 saturated heterocycles. The van der Waals surface area contributed by atoms with Crippen molar-refractivity contribution in [1.82, 2.24) is 9.62 Å². The number of aromatic amines is 1. The summed E-state index contributed by atoms with van der Waals surface area (Å²) in [5.74, 6) is -1.53. The predicted molar refractivity (Wildman–Crippen MR) is 208 cm³/mol. The number of hydrogen-bond acceptors (Lipinski definition) is 10. The lowest BCUT2D eigenvalue weighted by molar-refractivity contribution is -0.377. The number of rotatable bonds is 17. The van der Waals surface area contributed by atoms with Gasteiger partial charge in [0.15, 0.2) is 23.9 Å². The minimum atomic E-state index is -4.60. The van der Waals surface area contributed by atoms with Gasteiger partial charge in [-0.3, -0.25) is 4.90 Å². The first-order valence-electron chi connectivity index (χ1n) is 18.8. The number of H-pyrrole nitrogens is 1. The van der Waals surface area contributed by atoms with E-state index in [0.717, 1.165) is 44.8 Å². The van der Waals surface area contributed by atoms with Gasteiger partial charge in [-0.05, 0) is 92.1 Å². The number of sulfonamides is 1. The van der Waals surface area contributed by atoms with Crippen LogP contribution in [0.25, 0.3) is 0 Å². The van der Waals surface area contributed by atoms with Gasteiger partial charge in [-0.2, -0.15) is 13.5 Å². The molecule has 0 spiro atoms. The predicted octanol–water partition coefficient (Wildman–Crippen LogP) is 7.00. The lowest BCUT2D eigenvalue weighted by Crippen LogP contribution is -2.52. The third-order valence-electron chi connectivity index (χ3n) is 10.6. The van der Waals surface area contributed by atoms with E-state index in [1.165, 1.54) is 49.8 Å². The van der Waals surface area contributed by atoms with Crippen LogP contribution in [0.2, 0.25) is 10.0 Å². The van der Waals surface area contributed by atoms with Gasteiger partial charge in [0.2, 0.25) is 10.0 Å². The Labute approximate surface area is 344 Å². The monoisotopic (exact) mass is 860 g/mol. The number of fused-ring (bicyclic) bond motifs is 3. The molecule has 1 saturated carbocycles. The molecule has 4 fully saturated rings. The van der Waals surface area contributed by atoms with Gasteiger partial charge in [0, 0.05) is 18.5 Å². The number of esters is 2. The standard InChI is InChI=1S/C41H41Cl2F2N3O9S/c1-53-33-12-10-28(18-37(33)58(51,52)47-38(26-5-3-2-4-6-26)40(50)56-36-22-48-15-13-25(36)14-16-48)39(49)55-34(19-29-30(42)20-46-21-31(29)43)27-9-11-32(57-41(44)45)35(17-27)54-23-24-7-8-24/h2-6,9-12,17-18,20-21,24-25,34,36,38,41,47H,7-8,13-16,19,22-23H2,1H3/p+1/t34-,36-,38?/m0/s1. The Hall–Kier alpha value is -4.54. The van der Waals surface area contributed by atoms with Crippen LogP contribution in [0.4, 0.5) is 8.78 Å². The molecular formula is C41H42Cl2F2N3O9S+. The van der Waals surface area contributed by atoms with Crippen molar-refractivity contribution in [3.63, 3.8) is 0 Å². The van der Waals surface area contributed by atoms with Crippen molar-refractivity contribution in [3.05, 3.63) is 111 Å². The van der Waals surface area contributed by atoms with Crippen molar-refractivity contribution in [3.8, 4) is 17.2 Å². The summed E-state index contributed by atoms with van der Waals surface area (Å²) in [5.41, 5.74) is 0.915. The number of methoxy groups -OCH3 is 1. The van der Waals surface area contributed by atoms with Crippen molar-refractivity contribution in [2.75, 3.05) is 33.4 Å². The number of hydrogen-bond donors (Lipinski definition) is 1. The fourth-order valence-corrected chi connectivity index (χ4v) is 9.10. The van der Waals surface area contributed by atoms with Crippen LogP contribution in [0.5, 0.6) is 17.2 Å². The van der Waals surface area contributed by atoms with Gasteiger partial charge in [-0.25, -0.2) is 23.0 Å². The van der Waals surface area contributed by atoms with Gasteiger partial charge in [0.1, 0.15) is 38.9 Å². The second-order valence-electron chi connectivity index (χ2n) is 14.5. The summed E-state index contributed by atoms with van der Waals surface area (Å²) in [7, 11) is -3.32. The fourth-order valence-electron chi connectivity index (χ4n) is 7.20. The van der Waals surface area contributed by atoms with Crippen LogP contribution < -0.4 is 23.9 Å². The number of aromatic nitrogens is 1.